The summed E-state index contributed by atoms with van der Waals surface area (Å²) in [5.74, 6) is 0.759. The van der Waals surface area contributed by atoms with Gasteiger partial charge >= 0.3 is 0 Å². The summed E-state index contributed by atoms with van der Waals surface area (Å²) in [6.07, 6.45) is 6.53. The van der Waals surface area contributed by atoms with Crippen molar-refractivity contribution >= 4 is 0 Å². The molecular weight excluding hydrogens is 150 g/mol. The summed E-state index contributed by atoms with van der Waals surface area (Å²) in [5.41, 5.74) is 7.17. The van der Waals surface area contributed by atoms with Gasteiger partial charge in [0.15, 0.2) is 0 Å². The molecule has 66 valence electrons. The van der Waals surface area contributed by atoms with Gasteiger partial charge in [0, 0.05) is 12.2 Å². The molecule has 1 unspecified atom stereocenters. The van der Waals surface area contributed by atoms with Gasteiger partial charge in [-0.25, -0.2) is 0 Å². The van der Waals surface area contributed by atoms with Crippen LogP contribution in [0.15, 0.2) is 12.4 Å². The van der Waals surface area contributed by atoms with E-state index < -0.39 is 0 Å². The molecule has 0 bridgehead atoms. The van der Waals surface area contributed by atoms with E-state index in [2.05, 4.69) is 5.10 Å². The number of aryl methyl sites for hydroxylation is 1. The highest BCUT2D eigenvalue weighted by Gasteiger charge is 2.28. The highest BCUT2D eigenvalue weighted by molar-refractivity contribution is 5.00. The van der Waals surface area contributed by atoms with E-state index >= 15 is 0 Å². The maximum Gasteiger partial charge on any atom is 0.0563 e. The summed E-state index contributed by atoms with van der Waals surface area (Å²) in [5, 5.41) is 4.20. The Hall–Kier alpha value is -0.830. The van der Waals surface area contributed by atoms with Crippen LogP contribution in [0.5, 0.6) is 0 Å². The molecule has 0 radical (unpaired) electrons. The van der Waals surface area contributed by atoms with Crippen molar-refractivity contribution < 1.29 is 0 Å². The van der Waals surface area contributed by atoms with Crippen molar-refractivity contribution in [2.24, 2.45) is 11.7 Å². The zero-order valence-electron chi connectivity index (χ0n) is 7.40. The van der Waals surface area contributed by atoms with Crippen LogP contribution in [0.3, 0.4) is 0 Å². The maximum atomic E-state index is 5.96. The zero-order valence-corrected chi connectivity index (χ0v) is 7.40. The van der Waals surface area contributed by atoms with Crippen molar-refractivity contribution in [1.82, 2.24) is 9.78 Å². The summed E-state index contributed by atoms with van der Waals surface area (Å²) in [6.45, 7) is 2.92. The van der Waals surface area contributed by atoms with E-state index in [0.29, 0.717) is 6.04 Å². The van der Waals surface area contributed by atoms with Crippen molar-refractivity contribution in [2.45, 2.75) is 32.4 Å². The molecule has 1 fully saturated rings. The standard InChI is InChI=1S/C9H15N3/c1-7-4-11-12(5-7)6-9(10)8-2-3-8/h4-5,8-9H,2-3,6,10H2,1H3. The number of nitrogens with two attached hydrogens (primary N) is 1. The minimum atomic E-state index is 0.310. The molecule has 0 amide bonds. The molecule has 2 rings (SSSR count). The fraction of sp³-hybridized carbons (Fsp3) is 0.667. The van der Waals surface area contributed by atoms with Gasteiger partial charge in [0.2, 0.25) is 0 Å². The van der Waals surface area contributed by atoms with Crippen molar-refractivity contribution in [3.63, 3.8) is 0 Å². The second-order valence-corrected chi connectivity index (χ2v) is 3.74. The Kier molecular flexibility index (Phi) is 1.89. The number of rotatable bonds is 3. The molecule has 3 heteroatoms. The van der Waals surface area contributed by atoms with Gasteiger partial charge in [-0.2, -0.15) is 5.10 Å². The molecule has 3 nitrogen and oxygen atoms in total. The molecule has 0 aliphatic heterocycles. The zero-order chi connectivity index (χ0) is 8.55. The first-order valence-electron chi connectivity index (χ1n) is 4.50. The van der Waals surface area contributed by atoms with Gasteiger partial charge in [-0.1, -0.05) is 0 Å². The Labute approximate surface area is 72.6 Å². The van der Waals surface area contributed by atoms with Gasteiger partial charge in [-0.05, 0) is 31.2 Å². The molecule has 1 aliphatic carbocycles. The van der Waals surface area contributed by atoms with E-state index in [1.54, 1.807) is 0 Å². The van der Waals surface area contributed by atoms with E-state index in [9.17, 15) is 0 Å². The van der Waals surface area contributed by atoms with Crippen LogP contribution in [0.1, 0.15) is 18.4 Å². The van der Waals surface area contributed by atoms with Crippen LogP contribution in [0, 0.1) is 12.8 Å². The highest BCUT2D eigenvalue weighted by atomic mass is 15.3. The van der Waals surface area contributed by atoms with Crippen LogP contribution in [-0.4, -0.2) is 15.8 Å². The fourth-order valence-electron chi connectivity index (χ4n) is 1.46. The van der Waals surface area contributed by atoms with Crippen LogP contribution >= 0.6 is 0 Å². The predicted octanol–water partition coefficient (Wildman–Crippen LogP) is 0.929. The quantitative estimate of drug-likeness (QED) is 0.724. The van der Waals surface area contributed by atoms with E-state index in [4.69, 9.17) is 5.73 Å². The van der Waals surface area contributed by atoms with Crippen LogP contribution in [-0.2, 0) is 6.54 Å². The summed E-state index contributed by atoms with van der Waals surface area (Å²) in [4.78, 5) is 0. The van der Waals surface area contributed by atoms with Gasteiger partial charge in [0.05, 0.1) is 12.7 Å². The number of hydrogen-bond donors (Lipinski definition) is 1. The van der Waals surface area contributed by atoms with Crippen molar-refractivity contribution in [3.05, 3.63) is 18.0 Å². The van der Waals surface area contributed by atoms with Gasteiger partial charge in [0.1, 0.15) is 0 Å². The van der Waals surface area contributed by atoms with Gasteiger partial charge < -0.3 is 5.73 Å². The van der Waals surface area contributed by atoms with E-state index in [-0.39, 0.29) is 0 Å². The Balaban J connectivity index is 1.93. The van der Waals surface area contributed by atoms with Gasteiger partial charge in [-0.15, -0.1) is 0 Å². The van der Waals surface area contributed by atoms with Crippen LogP contribution in [0.2, 0.25) is 0 Å². The van der Waals surface area contributed by atoms with Crippen LogP contribution < -0.4 is 5.73 Å². The molecule has 1 aromatic heterocycles. The number of hydrogen-bond acceptors (Lipinski definition) is 2. The van der Waals surface area contributed by atoms with Crippen LogP contribution in [0.25, 0.3) is 0 Å². The Morgan fingerprint density at radius 3 is 3.00 bits per heavy atom. The fourth-order valence-corrected chi connectivity index (χ4v) is 1.46. The topological polar surface area (TPSA) is 43.8 Å². The first-order chi connectivity index (χ1) is 5.75. The monoisotopic (exact) mass is 165 g/mol. The predicted molar refractivity (Wildman–Crippen MR) is 47.7 cm³/mol. The minimum Gasteiger partial charge on any atom is -0.326 e. The molecule has 0 saturated heterocycles. The second-order valence-electron chi connectivity index (χ2n) is 3.74. The third kappa shape index (κ3) is 1.67. The Morgan fingerprint density at radius 2 is 2.50 bits per heavy atom. The molecule has 2 N–H and O–H groups in total. The first kappa shape index (κ1) is 7.80. The summed E-state index contributed by atoms with van der Waals surface area (Å²) in [7, 11) is 0. The van der Waals surface area contributed by atoms with Crippen molar-refractivity contribution in [3.8, 4) is 0 Å². The summed E-state index contributed by atoms with van der Waals surface area (Å²) < 4.78 is 1.94. The Bertz CT molecular complexity index is 262. The third-order valence-corrected chi connectivity index (χ3v) is 2.39. The molecule has 1 saturated carbocycles. The molecule has 1 aromatic rings. The van der Waals surface area contributed by atoms with Crippen LogP contribution in [0.4, 0.5) is 0 Å². The average Bonchev–Trinajstić information content (AvgIpc) is 2.78. The smallest absolute Gasteiger partial charge is 0.0563 e. The van der Waals surface area contributed by atoms with Gasteiger partial charge in [-0.3, -0.25) is 4.68 Å². The summed E-state index contributed by atoms with van der Waals surface area (Å²) >= 11 is 0. The molecule has 1 aliphatic rings. The number of nitrogens with zero attached hydrogens (tertiary/aromatic N) is 2. The average molecular weight is 165 g/mol. The molecule has 0 aromatic carbocycles. The maximum absolute atomic E-state index is 5.96. The van der Waals surface area contributed by atoms with E-state index in [1.165, 1.54) is 18.4 Å². The lowest BCUT2D eigenvalue weighted by atomic mass is 10.2. The van der Waals surface area contributed by atoms with E-state index in [1.807, 2.05) is 24.0 Å². The molecule has 0 spiro atoms. The summed E-state index contributed by atoms with van der Waals surface area (Å²) in [6, 6.07) is 0.310. The largest absolute Gasteiger partial charge is 0.326 e. The lowest BCUT2D eigenvalue weighted by Crippen LogP contribution is -2.28. The highest BCUT2D eigenvalue weighted by Crippen LogP contribution is 2.31. The molecule has 1 heterocycles. The van der Waals surface area contributed by atoms with Crippen molar-refractivity contribution in [2.75, 3.05) is 0 Å². The van der Waals surface area contributed by atoms with Crippen molar-refractivity contribution in [1.29, 1.82) is 0 Å². The van der Waals surface area contributed by atoms with Gasteiger partial charge in [0.25, 0.3) is 0 Å². The SMILES string of the molecule is Cc1cnn(CC(N)C2CC2)c1. The van der Waals surface area contributed by atoms with E-state index in [0.717, 1.165) is 12.5 Å². The molecular formula is C9H15N3. The molecule has 1 atom stereocenters. The first-order valence-corrected chi connectivity index (χ1v) is 4.50. The normalized spacial score (nSPS) is 19.5. The second kappa shape index (κ2) is 2.90. The molecule has 12 heavy (non-hydrogen) atoms. The number of aromatic nitrogens is 2. The lowest BCUT2D eigenvalue weighted by Gasteiger charge is -2.09. The lowest BCUT2D eigenvalue weighted by molar-refractivity contribution is 0.471. The Morgan fingerprint density at radius 1 is 1.75 bits per heavy atom. The minimum absolute atomic E-state index is 0.310. The third-order valence-electron chi connectivity index (χ3n) is 2.39.